The van der Waals surface area contributed by atoms with Gasteiger partial charge in [-0.25, -0.2) is 4.98 Å². The zero-order valence-corrected chi connectivity index (χ0v) is 22.1. The number of benzene rings is 4. The van der Waals surface area contributed by atoms with Gasteiger partial charge in [0, 0.05) is 12.0 Å². The van der Waals surface area contributed by atoms with E-state index in [1.807, 2.05) is 110 Å². The molecule has 0 fully saturated rings. The van der Waals surface area contributed by atoms with E-state index in [9.17, 15) is 10.1 Å². The molecule has 0 saturated carbocycles. The molecule has 5 rings (SSSR count). The Bertz CT molecular complexity index is 1680. The predicted molar refractivity (Wildman–Crippen MR) is 154 cm³/mol. The van der Waals surface area contributed by atoms with E-state index in [0.29, 0.717) is 29.1 Å². The Morgan fingerprint density at radius 2 is 1.51 bits per heavy atom. The Hall–Kier alpha value is -4.95. The van der Waals surface area contributed by atoms with E-state index in [4.69, 9.17) is 9.72 Å². The third kappa shape index (κ3) is 5.66. The maximum Gasteiger partial charge on any atom is 0.261 e. The molecular formula is C34H29N3O2. The molecule has 0 saturated heterocycles. The summed E-state index contributed by atoms with van der Waals surface area (Å²) in [5.74, 6) is 2.12. The van der Waals surface area contributed by atoms with Gasteiger partial charge in [-0.2, -0.15) is 5.26 Å². The standard InChI is InChI=1S/C34H29N3O2/c1-3-9-33-32(22-25-14-16-26(17-15-25)31-13-8-7-10-27(31)23-35)34(38)37(24(2)36-33)28-18-20-30(21-19-28)39-29-11-5-4-6-12-29/h4-8,10-21H,3,9,22H2,1-2H3. The smallest absolute Gasteiger partial charge is 0.261 e. The zero-order chi connectivity index (χ0) is 27.2. The van der Waals surface area contributed by atoms with Crippen LogP contribution in [0.5, 0.6) is 11.5 Å². The van der Waals surface area contributed by atoms with Crippen LogP contribution in [0.15, 0.2) is 108 Å². The molecule has 5 nitrogen and oxygen atoms in total. The summed E-state index contributed by atoms with van der Waals surface area (Å²) in [6, 6.07) is 35.0. The second-order valence-electron chi connectivity index (χ2n) is 9.41. The minimum atomic E-state index is -0.0541. The van der Waals surface area contributed by atoms with E-state index >= 15 is 0 Å². The Kier molecular flexibility index (Phi) is 7.65. The van der Waals surface area contributed by atoms with Gasteiger partial charge in [0.15, 0.2) is 0 Å². The van der Waals surface area contributed by atoms with Crippen molar-refractivity contribution in [2.75, 3.05) is 0 Å². The van der Waals surface area contributed by atoms with Crippen LogP contribution in [0.25, 0.3) is 16.8 Å². The van der Waals surface area contributed by atoms with Gasteiger partial charge in [-0.15, -0.1) is 0 Å². The lowest BCUT2D eigenvalue weighted by molar-refractivity contribution is 0.482. The lowest BCUT2D eigenvalue weighted by atomic mass is 9.97. The molecule has 4 aromatic carbocycles. The van der Waals surface area contributed by atoms with Crippen LogP contribution in [0.1, 0.15) is 41.6 Å². The van der Waals surface area contributed by atoms with Gasteiger partial charge in [0.05, 0.1) is 23.0 Å². The van der Waals surface area contributed by atoms with Crippen molar-refractivity contribution in [3.8, 4) is 34.4 Å². The van der Waals surface area contributed by atoms with Gasteiger partial charge >= 0.3 is 0 Å². The summed E-state index contributed by atoms with van der Waals surface area (Å²) in [5, 5.41) is 9.46. The Morgan fingerprint density at radius 1 is 0.846 bits per heavy atom. The summed E-state index contributed by atoms with van der Waals surface area (Å²) >= 11 is 0. The molecule has 1 heterocycles. The van der Waals surface area contributed by atoms with Crippen LogP contribution in [0.2, 0.25) is 0 Å². The van der Waals surface area contributed by atoms with E-state index in [2.05, 4.69) is 13.0 Å². The van der Waals surface area contributed by atoms with Crippen molar-refractivity contribution in [3.63, 3.8) is 0 Å². The molecule has 0 radical (unpaired) electrons. The van der Waals surface area contributed by atoms with Gasteiger partial charge in [0.1, 0.15) is 17.3 Å². The lowest BCUT2D eigenvalue weighted by Crippen LogP contribution is -2.28. The molecular weight excluding hydrogens is 482 g/mol. The first-order valence-corrected chi connectivity index (χ1v) is 13.1. The molecule has 0 aliphatic heterocycles. The van der Waals surface area contributed by atoms with Crippen LogP contribution in [-0.2, 0) is 12.8 Å². The minimum Gasteiger partial charge on any atom is -0.457 e. The fraction of sp³-hybridized carbons (Fsp3) is 0.147. The van der Waals surface area contributed by atoms with Crippen molar-refractivity contribution in [2.24, 2.45) is 0 Å². The molecule has 5 aromatic rings. The minimum absolute atomic E-state index is 0.0541. The molecule has 0 aliphatic rings. The second-order valence-corrected chi connectivity index (χ2v) is 9.41. The Morgan fingerprint density at radius 3 is 2.21 bits per heavy atom. The monoisotopic (exact) mass is 511 g/mol. The van der Waals surface area contributed by atoms with Gasteiger partial charge in [-0.1, -0.05) is 74.0 Å². The molecule has 0 N–H and O–H groups in total. The quantitative estimate of drug-likeness (QED) is 0.217. The Labute approximate surface area is 228 Å². The lowest BCUT2D eigenvalue weighted by Gasteiger charge is -2.16. The maximum absolute atomic E-state index is 13.9. The number of hydrogen-bond donors (Lipinski definition) is 0. The number of ether oxygens (including phenoxy) is 1. The van der Waals surface area contributed by atoms with E-state index in [0.717, 1.165) is 46.7 Å². The largest absolute Gasteiger partial charge is 0.457 e. The van der Waals surface area contributed by atoms with Gasteiger partial charge in [-0.05, 0) is 72.5 Å². The van der Waals surface area contributed by atoms with E-state index in [-0.39, 0.29) is 5.56 Å². The molecule has 5 heteroatoms. The normalized spacial score (nSPS) is 10.7. The molecule has 1 aromatic heterocycles. The van der Waals surface area contributed by atoms with Crippen LogP contribution < -0.4 is 10.3 Å². The van der Waals surface area contributed by atoms with Crippen LogP contribution in [-0.4, -0.2) is 9.55 Å². The highest BCUT2D eigenvalue weighted by atomic mass is 16.5. The second kappa shape index (κ2) is 11.6. The summed E-state index contributed by atoms with van der Waals surface area (Å²) in [6.45, 7) is 3.97. The number of aryl methyl sites for hydroxylation is 2. The van der Waals surface area contributed by atoms with Crippen molar-refractivity contribution in [3.05, 3.63) is 142 Å². The topological polar surface area (TPSA) is 67.9 Å². The summed E-state index contributed by atoms with van der Waals surface area (Å²) in [7, 11) is 0. The number of aromatic nitrogens is 2. The average Bonchev–Trinajstić information content (AvgIpc) is 2.97. The van der Waals surface area contributed by atoms with Crippen LogP contribution in [0.4, 0.5) is 0 Å². The zero-order valence-electron chi connectivity index (χ0n) is 22.1. The summed E-state index contributed by atoms with van der Waals surface area (Å²) in [6.07, 6.45) is 2.12. The van der Waals surface area contributed by atoms with Crippen molar-refractivity contribution in [2.45, 2.75) is 33.1 Å². The van der Waals surface area contributed by atoms with Crippen molar-refractivity contribution < 1.29 is 4.74 Å². The summed E-state index contributed by atoms with van der Waals surface area (Å²) in [5.41, 5.74) is 5.78. The molecule has 0 amide bonds. The van der Waals surface area contributed by atoms with Gasteiger partial charge < -0.3 is 4.74 Å². The molecule has 0 bridgehead atoms. The number of hydrogen-bond acceptors (Lipinski definition) is 4. The molecule has 0 aliphatic carbocycles. The van der Waals surface area contributed by atoms with Gasteiger partial charge in [0.25, 0.3) is 5.56 Å². The first kappa shape index (κ1) is 25.7. The molecule has 0 atom stereocenters. The van der Waals surface area contributed by atoms with Crippen molar-refractivity contribution in [1.82, 2.24) is 9.55 Å². The molecule has 0 spiro atoms. The maximum atomic E-state index is 13.9. The fourth-order valence-electron chi connectivity index (χ4n) is 4.77. The highest BCUT2D eigenvalue weighted by molar-refractivity contribution is 5.70. The van der Waals surface area contributed by atoms with E-state index in [1.165, 1.54) is 0 Å². The van der Waals surface area contributed by atoms with E-state index < -0.39 is 0 Å². The first-order valence-electron chi connectivity index (χ1n) is 13.1. The molecule has 0 unspecified atom stereocenters. The average molecular weight is 512 g/mol. The fourth-order valence-corrected chi connectivity index (χ4v) is 4.77. The van der Waals surface area contributed by atoms with Crippen LogP contribution >= 0.6 is 0 Å². The third-order valence-electron chi connectivity index (χ3n) is 6.68. The van der Waals surface area contributed by atoms with Gasteiger partial charge in [-0.3, -0.25) is 9.36 Å². The number of nitrogens with zero attached hydrogens (tertiary/aromatic N) is 3. The molecule has 39 heavy (non-hydrogen) atoms. The van der Waals surface area contributed by atoms with Crippen LogP contribution in [0, 0.1) is 18.3 Å². The highest BCUT2D eigenvalue weighted by Crippen LogP contribution is 2.25. The Balaban J connectivity index is 1.46. The van der Waals surface area contributed by atoms with Crippen molar-refractivity contribution >= 4 is 0 Å². The number of para-hydroxylation sites is 1. The van der Waals surface area contributed by atoms with Gasteiger partial charge in [0.2, 0.25) is 0 Å². The SMILES string of the molecule is CCCc1nc(C)n(-c2ccc(Oc3ccccc3)cc2)c(=O)c1Cc1ccc(-c2ccccc2C#N)cc1. The van der Waals surface area contributed by atoms with E-state index in [1.54, 1.807) is 4.57 Å². The summed E-state index contributed by atoms with van der Waals surface area (Å²) < 4.78 is 7.60. The predicted octanol–water partition coefficient (Wildman–Crippen LogP) is 7.42. The highest BCUT2D eigenvalue weighted by Gasteiger charge is 2.16. The first-order chi connectivity index (χ1) is 19.1. The number of nitriles is 1. The molecule has 192 valence electrons. The van der Waals surface area contributed by atoms with Crippen LogP contribution in [0.3, 0.4) is 0 Å². The van der Waals surface area contributed by atoms with Crippen molar-refractivity contribution in [1.29, 1.82) is 5.26 Å². The number of rotatable bonds is 8. The third-order valence-corrected chi connectivity index (χ3v) is 6.68. The summed E-state index contributed by atoms with van der Waals surface area (Å²) in [4.78, 5) is 18.8.